The molecule has 0 saturated carbocycles. The van der Waals surface area contributed by atoms with Crippen molar-refractivity contribution in [2.45, 2.75) is 11.2 Å². The smallest absolute Gasteiger partial charge is 0.184 e. The lowest BCUT2D eigenvalue weighted by atomic mass is 10.2. The van der Waals surface area contributed by atoms with Gasteiger partial charge in [-0.3, -0.25) is 0 Å². The van der Waals surface area contributed by atoms with E-state index in [-0.39, 0.29) is 12.1 Å². The van der Waals surface area contributed by atoms with Gasteiger partial charge in [-0.25, -0.2) is 4.39 Å². The third-order valence-electron chi connectivity index (χ3n) is 2.13. The second kappa shape index (κ2) is 4.82. The van der Waals surface area contributed by atoms with Crippen LogP contribution in [0.2, 0.25) is 0 Å². The van der Waals surface area contributed by atoms with E-state index < -0.39 is 0 Å². The van der Waals surface area contributed by atoms with Gasteiger partial charge in [0.15, 0.2) is 12.1 Å². The van der Waals surface area contributed by atoms with Gasteiger partial charge in [0.05, 0.1) is 17.7 Å². The molecule has 0 aliphatic carbocycles. The highest BCUT2D eigenvalue weighted by Gasteiger charge is 2.20. The summed E-state index contributed by atoms with van der Waals surface area (Å²) < 4.78 is 24.7. The Hall–Kier alpha value is -0.100. The maximum Gasteiger partial charge on any atom is 0.184 e. The van der Waals surface area contributed by atoms with Crippen molar-refractivity contribution in [2.24, 2.45) is 0 Å². The van der Waals surface area contributed by atoms with E-state index in [4.69, 9.17) is 9.47 Å². The number of benzene rings is 1. The Balaban J connectivity index is 2.35. The van der Waals surface area contributed by atoms with Gasteiger partial charge in [0.25, 0.3) is 0 Å². The van der Waals surface area contributed by atoms with E-state index in [1.54, 1.807) is 12.1 Å². The lowest BCUT2D eigenvalue weighted by molar-refractivity contribution is -0.0443. The van der Waals surface area contributed by atoms with Gasteiger partial charge in [-0.2, -0.15) is 0 Å². The van der Waals surface area contributed by atoms with Gasteiger partial charge in [0.1, 0.15) is 0 Å². The van der Waals surface area contributed by atoms with E-state index in [1.807, 2.05) is 6.26 Å². The van der Waals surface area contributed by atoms with Crippen LogP contribution in [0.1, 0.15) is 11.9 Å². The molecule has 2 rings (SSSR count). The van der Waals surface area contributed by atoms with Crippen LogP contribution >= 0.6 is 27.7 Å². The summed E-state index contributed by atoms with van der Waals surface area (Å²) in [6.45, 7) is 1.18. The summed E-state index contributed by atoms with van der Waals surface area (Å²) in [6.07, 6.45) is 1.48. The van der Waals surface area contributed by atoms with Crippen LogP contribution in [0.15, 0.2) is 21.5 Å². The Morgan fingerprint density at radius 2 is 2.07 bits per heavy atom. The number of thioether (sulfide) groups is 1. The highest BCUT2D eigenvalue weighted by Crippen LogP contribution is 2.32. The molecule has 0 radical (unpaired) electrons. The molecule has 1 aromatic carbocycles. The predicted octanol–water partition coefficient (Wildman–Crippen LogP) is 3.36. The van der Waals surface area contributed by atoms with E-state index in [2.05, 4.69) is 15.9 Å². The molecule has 0 aromatic heterocycles. The minimum absolute atomic E-state index is 0.232. The van der Waals surface area contributed by atoms with E-state index >= 15 is 0 Å². The van der Waals surface area contributed by atoms with Crippen LogP contribution in [0, 0.1) is 5.82 Å². The van der Waals surface area contributed by atoms with Crippen molar-refractivity contribution in [1.29, 1.82) is 0 Å². The van der Waals surface area contributed by atoms with Crippen molar-refractivity contribution < 1.29 is 13.9 Å². The molecular weight excluding hydrogens is 283 g/mol. The van der Waals surface area contributed by atoms with Crippen LogP contribution in [-0.4, -0.2) is 19.5 Å². The van der Waals surface area contributed by atoms with Crippen molar-refractivity contribution in [3.8, 4) is 0 Å². The largest absolute Gasteiger partial charge is 0.346 e. The molecular formula is C10H10BrFO2S. The maximum atomic E-state index is 13.5. The second-order valence-electron chi connectivity index (χ2n) is 3.09. The molecule has 0 spiro atoms. The Morgan fingerprint density at radius 3 is 2.67 bits per heavy atom. The molecule has 1 fully saturated rings. The van der Waals surface area contributed by atoms with E-state index in [1.165, 1.54) is 11.8 Å². The summed E-state index contributed by atoms with van der Waals surface area (Å²) in [5.74, 6) is -0.232. The molecule has 1 aromatic rings. The molecule has 5 heteroatoms. The fourth-order valence-electron chi connectivity index (χ4n) is 1.42. The second-order valence-corrected chi connectivity index (χ2v) is 4.79. The van der Waals surface area contributed by atoms with Gasteiger partial charge in [0, 0.05) is 10.5 Å². The summed E-state index contributed by atoms with van der Waals surface area (Å²) in [4.78, 5) is 0.596. The van der Waals surface area contributed by atoms with E-state index in [0.29, 0.717) is 22.6 Å². The van der Waals surface area contributed by atoms with Crippen LogP contribution < -0.4 is 0 Å². The molecule has 1 saturated heterocycles. The highest BCUT2D eigenvalue weighted by atomic mass is 79.9. The first-order valence-electron chi connectivity index (χ1n) is 4.48. The zero-order chi connectivity index (χ0) is 10.8. The van der Waals surface area contributed by atoms with Crippen LogP contribution in [0.25, 0.3) is 0 Å². The molecule has 0 bridgehead atoms. The van der Waals surface area contributed by atoms with Crippen LogP contribution in [0.3, 0.4) is 0 Å². The third kappa shape index (κ3) is 2.36. The lowest BCUT2D eigenvalue weighted by Gasteiger charge is -2.12. The lowest BCUT2D eigenvalue weighted by Crippen LogP contribution is -1.99. The Kier molecular flexibility index (Phi) is 3.66. The molecule has 0 amide bonds. The summed E-state index contributed by atoms with van der Waals surface area (Å²) >= 11 is 4.55. The Morgan fingerprint density at radius 1 is 1.40 bits per heavy atom. The first kappa shape index (κ1) is 11.4. The molecule has 82 valence electrons. The molecule has 2 nitrogen and oxygen atoms in total. The SMILES string of the molecule is CSc1cc(C2OCCO2)cc(Br)c1F. The fourth-order valence-corrected chi connectivity index (χ4v) is 2.57. The normalized spacial score (nSPS) is 17.3. The zero-order valence-electron chi connectivity index (χ0n) is 8.13. The minimum atomic E-state index is -0.354. The van der Waals surface area contributed by atoms with Gasteiger partial charge < -0.3 is 9.47 Å². The zero-order valence-corrected chi connectivity index (χ0v) is 10.5. The standard InChI is InChI=1S/C10H10BrFO2S/c1-15-8-5-6(4-7(11)9(8)12)10-13-2-3-14-10/h4-5,10H,2-3H2,1H3. The van der Waals surface area contributed by atoms with Crippen molar-refractivity contribution >= 4 is 27.7 Å². The average Bonchev–Trinajstić information content (AvgIpc) is 2.75. The number of hydrogen-bond acceptors (Lipinski definition) is 3. The molecule has 0 atom stereocenters. The number of rotatable bonds is 2. The van der Waals surface area contributed by atoms with E-state index in [9.17, 15) is 4.39 Å². The molecule has 1 aliphatic rings. The maximum absolute atomic E-state index is 13.5. The topological polar surface area (TPSA) is 18.5 Å². The van der Waals surface area contributed by atoms with Gasteiger partial charge >= 0.3 is 0 Å². The molecule has 0 unspecified atom stereocenters. The van der Waals surface area contributed by atoms with Gasteiger partial charge in [-0.05, 0) is 34.3 Å². The fraction of sp³-hybridized carbons (Fsp3) is 0.400. The van der Waals surface area contributed by atoms with Crippen LogP contribution in [0.5, 0.6) is 0 Å². The summed E-state index contributed by atoms with van der Waals surface area (Å²) in [7, 11) is 0. The molecule has 0 N–H and O–H groups in total. The predicted molar refractivity (Wildman–Crippen MR) is 60.5 cm³/mol. The van der Waals surface area contributed by atoms with Crippen molar-refractivity contribution in [1.82, 2.24) is 0 Å². The summed E-state index contributed by atoms with van der Waals surface area (Å²) in [5, 5.41) is 0. The van der Waals surface area contributed by atoms with Gasteiger partial charge in [-0.15, -0.1) is 11.8 Å². The van der Waals surface area contributed by atoms with Crippen molar-refractivity contribution in [3.63, 3.8) is 0 Å². The average molecular weight is 293 g/mol. The molecule has 15 heavy (non-hydrogen) atoms. The first-order valence-corrected chi connectivity index (χ1v) is 6.50. The minimum Gasteiger partial charge on any atom is -0.346 e. The molecule has 1 aliphatic heterocycles. The number of ether oxygens (including phenoxy) is 2. The third-order valence-corrected chi connectivity index (χ3v) is 3.44. The van der Waals surface area contributed by atoms with Crippen molar-refractivity contribution in [2.75, 3.05) is 19.5 Å². The van der Waals surface area contributed by atoms with Crippen LogP contribution in [0.4, 0.5) is 4.39 Å². The first-order chi connectivity index (χ1) is 7.22. The summed E-state index contributed by atoms with van der Waals surface area (Å²) in [6, 6.07) is 3.46. The number of hydrogen-bond donors (Lipinski definition) is 0. The monoisotopic (exact) mass is 292 g/mol. The summed E-state index contributed by atoms with van der Waals surface area (Å²) in [5.41, 5.74) is 0.852. The van der Waals surface area contributed by atoms with Gasteiger partial charge in [-0.1, -0.05) is 0 Å². The quantitative estimate of drug-likeness (QED) is 0.779. The van der Waals surface area contributed by atoms with Crippen LogP contribution in [-0.2, 0) is 9.47 Å². The Bertz CT molecular complexity index is 367. The number of halogens is 2. The van der Waals surface area contributed by atoms with Crippen molar-refractivity contribution in [3.05, 3.63) is 28.0 Å². The van der Waals surface area contributed by atoms with E-state index in [0.717, 1.165) is 5.56 Å². The Labute approximate surface area is 100 Å². The molecule has 1 heterocycles. The highest BCUT2D eigenvalue weighted by molar-refractivity contribution is 9.10. The van der Waals surface area contributed by atoms with Gasteiger partial charge in [0.2, 0.25) is 0 Å².